The van der Waals surface area contributed by atoms with Crippen molar-refractivity contribution in [1.29, 1.82) is 0 Å². The highest BCUT2D eigenvalue weighted by molar-refractivity contribution is 9.10. The predicted molar refractivity (Wildman–Crippen MR) is 101 cm³/mol. The highest BCUT2D eigenvalue weighted by Gasteiger charge is 2.51. The van der Waals surface area contributed by atoms with Crippen molar-refractivity contribution in [2.24, 2.45) is 0 Å². The van der Waals surface area contributed by atoms with Gasteiger partial charge in [-0.2, -0.15) is 0 Å². The van der Waals surface area contributed by atoms with E-state index in [2.05, 4.69) is 46.3 Å². The normalized spacial score (nSPS) is 30.0. The lowest BCUT2D eigenvalue weighted by Crippen LogP contribution is -2.59. The molecule has 1 saturated heterocycles. The Labute approximate surface area is 148 Å². The Morgan fingerprint density at radius 3 is 2.22 bits per heavy atom. The van der Waals surface area contributed by atoms with Crippen molar-refractivity contribution in [2.75, 3.05) is 0 Å². The summed E-state index contributed by atoms with van der Waals surface area (Å²) in [5.74, 6) is -0.452. The summed E-state index contributed by atoms with van der Waals surface area (Å²) in [5.41, 5.74) is 0.575. The van der Waals surface area contributed by atoms with Crippen molar-refractivity contribution in [3.05, 3.63) is 33.8 Å². The average molecular weight is 418 g/mol. The van der Waals surface area contributed by atoms with Crippen LogP contribution in [-0.2, 0) is 0 Å². The monoisotopic (exact) mass is 417 g/mol. The van der Waals surface area contributed by atoms with Crippen LogP contribution in [0.5, 0.6) is 0 Å². The molecular weight excluding hydrogens is 392 g/mol. The summed E-state index contributed by atoms with van der Waals surface area (Å²) in [5, 5.41) is 0. The van der Waals surface area contributed by atoms with Gasteiger partial charge in [0.25, 0.3) is 0 Å². The van der Waals surface area contributed by atoms with Crippen LogP contribution in [0.15, 0.2) is 16.6 Å². The molecule has 1 nitrogen and oxygen atoms in total. The SMILES string of the molecule is C[Si]1(C)CC[Si](C)(C)N1C1CCC(c2cc(F)c(Br)cc2F)C1. The Bertz CT molecular complexity index is 605. The molecule has 0 N–H and O–H groups in total. The van der Waals surface area contributed by atoms with Gasteiger partial charge in [0.15, 0.2) is 0 Å². The van der Waals surface area contributed by atoms with Crippen molar-refractivity contribution in [2.45, 2.75) is 69.5 Å². The first-order chi connectivity index (χ1) is 10.6. The molecule has 3 rings (SSSR count). The minimum absolute atomic E-state index is 0.165. The fourth-order valence-corrected chi connectivity index (χ4v) is 20.3. The summed E-state index contributed by atoms with van der Waals surface area (Å²) in [6, 6.07) is 6.06. The van der Waals surface area contributed by atoms with Crippen molar-refractivity contribution in [3.8, 4) is 0 Å². The second-order valence-electron chi connectivity index (χ2n) is 8.45. The van der Waals surface area contributed by atoms with Gasteiger partial charge in [-0.15, -0.1) is 0 Å². The Morgan fingerprint density at radius 1 is 1.00 bits per heavy atom. The van der Waals surface area contributed by atoms with Crippen molar-refractivity contribution < 1.29 is 8.78 Å². The standard InChI is InChI=1S/C17H26BrF2NSi2/c1-22(2)7-8-23(3,4)21(22)13-6-5-12(9-13)14-10-17(20)15(18)11-16(14)19/h10-13H,5-9H2,1-4H3. The third-order valence-electron chi connectivity index (χ3n) is 5.90. The first kappa shape index (κ1) is 17.8. The van der Waals surface area contributed by atoms with Crippen LogP contribution in [0.2, 0.25) is 38.3 Å². The molecule has 1 heterocycles. The first-order valence-corrected chi connectivity index (χ1v) is 15.7. The van der Waals surface area contributed by atoms with E-state index in [1.165, 1.54) is 24.2 Å². The molecule has 2 atom stereocenters. The molecule has 1 aromatic carbocycles. The number of hydrogen-bond donors (Lipinski definition) is 0. The summed E-state index contributed by atoms with van der Waals surface area (Å²) in [4.78, 5) is 0. The molecule has 2 unspecified atom stereocenters. The van der Waals surface area contributed by atoms with Crippen LogP contribution >= 0.6 is 15.9 Å². The molecule has 2 fully saturated rings. The smallest absolute Gasteiger partial charge is 0.137 e. The molecule has 0 spiro atoms. The molecule has 0 radical (unpaired) electrons. The van der Waals surface area contributed by atoms with E-state index in [9.17, 15) is 8.78 Å². The van der Waals surface area contributed by atoms with E-state index in [0.29, 0.717) is 11.6 Å². The van der Waals surface area contributed by atoms with Crippen molar-refractivity contribution >= 4 is 32.4 Å². The van der Waals surface area contributed by atoms with E-state index in [4.69, 9.17) is 0 Å². The Hall–Kier alpha value is -0.0462. The third-order valence-corrected chi connectivity index (χ3v) is 16.9. The van der Waals surface area contributed by atoms with Gasteiger partial charge in [-0.3, -0.25) is 0 Å². The lowest BCUT2D eigenvalue weighted by molar-refractivity contribution is 0.448. The highest BCUT2D eigenvalue weighted by atomic mass is 79.9. The third kappa shape index (κ3) is 3.24. The number of nitrogens with zero attached hydrogens (tertiary/aromatic N) is 1. The zero-order valence-electron chi connectivity index (χ0n) is 14.4. The van der Waals surface area contributed by atoms with Gasteiger partial charge in [-0.25, -0.2) is 8.78 Å². The summed E-state index contributed by atoms with van der Waals surface area (Å²) >= 11 is 3.07. The van der Waals surface area contributed by atoms with E-state index in [0.717, 1.165) is 19.3 Å². The fraction of sp³-hybridized carbons (Fsp3) is 0.647. The summed E-state index contributed by atoms with van der Waals surface area (Å²) in [6.07, 6.45) is 3.10. The lowest BCUT2D eigenvalue weighted by Gasteiger charge is -2.43. The highest BCUT2D eigenvalue weighted by Crippen LogP contribution is 2.46. The van der Waals surface area contributed by atoms with Gasteiger partial charge in [-0.1, -0.05) is 26.2 Å². The Morgan fingerprint density at radius 2 is 1.61 bits per heavy atom. The molecule has 0 amide bonds. The molecule has 2 aliphatic rings. The number of halogens is 3. The molecule has 6 heteroatoms. The van der Waals surface area contributed by atoms with Gasteiger partial charge >= 0.3 is 0 Å². The van der Waals surface area contributed by atoms with Gasteiger partial charge in [0.2, 0.25) is 0 Å². The maximum Gasteiger partial charge on any atom is 0.137 e. The van der Waals surface area contributed by atoms with Crippen LogP contribution < -0.4 is 0 Å². The van der Waals surface area contributed by atoms with Crippen LogP contribution in [0, 0.1) is 11.6 Å². The topological polar surface area (TPSA) is 3.24 Å². The van der Waals surface area contributed by atoms with Crippen LogP contribution in [-0.4, -0.2) is 26.7 Å². The summed E-state index contributed by atoms with van der Waals surface area (Å²) < 4.78 is 31.3. The second kappa shape index (κ2) is 6.04. The van der Waals surface area contributed by atoms with Crippen molar-refractivity contribution in [1.82, 2.24) is 4.23 Å². The largest absolute Gasteiger partial charge is 0.343 e. The van der Waals surface area contributed by atoms with E-state index < -0.39 is 16.5 Å². The molecular formula is C17H26BrF2NSi2. The molecule has 23 heavy (non-hydrogen) atoms. The summed E-state index contributed by atoms with van der Waals surface area (Å²) in [7, 11) is -2.63. The average Bonchev–Trinajstić information content (AvgIpc) is 2.96. The minimum Gasteiger partial charge on any atom is -0.343 e. The fourth-order valence-electron chi connectivity index (χ4n) is 4.99. The molecule has 1 aliphatic heterocycles. The van der Waals surface area contributed by atoms with Crippen molar-refractivity contribution in [3.63, 3.8) is 0 Å². The quantitative estimate of drug-likeness (QED) is 0.415. The van der Waals surface area contributed by atoms with Gasteiger partial charge in [0.05, 0.1) is 4.47 Å². The number of rotatable bonds is 2. The number of benzene rings is 1. The van der Waals surface area contributed by atoms with Crippen LogP contribution in [0.4, 0.5) is 8.78 Å². The Kier molecular flexibility index (Phi) is 4.66. The second-order valence-corrected chi connectivity index (χ2v) is 19.0. The molecule has 0 aromatic heterocycles. The van der Waals surface area contributed by atoms with Crippen LogP contribution in [0.1, 0.15) is 30.7 Å². The van der Waals surface area contributed by atoms with E-state index >= 15 is 0 Å². The van der Waals surface area contributed by atoms with Gasteiger partial charge in [0, 0.05) is 0 Å². The van der Waals surface area contributed by atoms with Gasteiger partial charge in [0.1, 0.15) is 28.1 Å². The van der Waals surface area contributed by atoms with E-state index in [1.54, 1.807) is 0 Å². The molecule has 0 bridgehead atoms. The summed E-state index contributed by atoms with van der Waals surface area (Å²) in [6.45, 7) is 9.95. The van der Waals surface area contributed by atoms with Gasteiger partial charge < -0.3 is 4.23 Å². The predicted octanol–water partition coefficient (Wildman–Crippen LogP) is 6.09. The lowest BCUT2D eigenvalue weighted by atomic mass is 9.97. The maximum absolute atomic E-state index is 14.3. The zero-order chi connectivity index (χ0) is 17.0. The van der Waals surface area contributed by atoms with E-state index in [1.807, 2.05) is 0 Å². The molecule has 1 aliphatic carbocycles. The molecule has 1 saturated carbocycles. The molecule has 128 valence electrons. The zero-order valence-corrected chi connectivity index (χ0v) is 18.0. The maximum atomic E-state index is 14.3. The molecule has 1 aromatic rings. The van der Waals surface area contributed by atoms with Gasteiger partial charge in [-0.05, 0) is 76.9 Å². The minimum atomic E-state index is -1.31. The first-order valence-electron chi connectivity index (χ1n) is 8.56. The number of hydrogen-bond acceptors (Lipinski definition) is 1. The Balaban J connectivity index is 1.83. The van der Waals surface area contributed by atoms with E-state index in [-0.39, 0.29) is 22.0 Å². The van der Waals surface area contributed by atoms with Crippen LogP contribution in [0.25, 0.3) is 0 Å². The van der Waals surface area contributed by atoms with Crippen LogP contribution in [0.3, 0.4) is 0 Å².